The second kappa shape index (κ2) is 11.1. The van der Waals surface area contributed by atoms with Gasteiger partial charge in [-0.1, -0.05) is 53.9 Å². The molecule has 0 aliphatic rings. The number of likely N-dealkylation sites (N-methyl/N-ethyl adjacent to an activating group) is 1. The zero-order valence-corrected chi connectivity index (χ0v) is 18.4. The van der Waals surface area contributed by atoms with Crippen molar-refractivity contribution in [3.8, 4) is 5.75 Å². The second-order valence-electron chi connectivity index (χ2n) is 6.64. The summed E-state index contributed by atoms with van der Waals surface area (Å²) in [4.78, 5) is 27.1. The maximum Gasteiger partial charge on any atom is 0.261 e. The highest BCUT2D eigenvalue weighted by Gasteiger charge is 2.29. The summed E-state index contributed by atoms with van der Waals surface area (Å²) in [6.45, 7) is 6.06. The summed E-state index contributed by atoms with van der Waals surface area (Å²) < 4.78 is 5.65. The van der Waals surface area contributed by atoms with Crippen molar-refractivity contribution in [2.75, 3.05) is 13.2 Å². The summed E-state index contributed by atoms with van der Waals surface area (Å²) in [7, 11) is 0. The Balaban J connectivity index is 2.25. The molecule has 5 nitrogen and oxygen atoms in total. The molecule has 2 aromatic rings. The first-order valence-corrected chi connectivity index (χ1v) is 10.3. The van der Waals surface area contributed by atoms with Gasteiger partial charge in [0.15, 0.2) is 6.61 Å². The van der Waals surface area contributed by atoms with Crippen molar-refractivity contribution in [2.45, 2.75) is 39.8 Å². The molecule has 2 aromatic carbocycles. The summed E-state index contributed by atoms with van der Waals surface area (Å²) >= 11 is 12.6. The number of carbonyl (C=O) groups excluding carboxylic acids is 2. The van der Waals surface area contributed by atoms with Gasteiger partial charge < -0.3 is 15.0 Å². The van der Waals surface area contributed by atoms with E-state index in [4.69, 9.17) is 27.9 Å². The number of ether oxygens (including phenoxy) is 1. The number of hydrogen-bond donors (Lipinski definition) is 1. The molecule has 156 valence electrons. The van der Waals surface area contributed by atoms with Gasteiger partial charge in [-0.2, -0.15) is 0 Å². The number of amides is 2. The first-order chi connectivity index (χ1) is 13.9. The van der Waals surface area contributed by atoms with E-state index in [2.05, 4.69) is 5.32 Å². The standard InChI is InChI=1S/C22H26Cl2N2O3/c1-4-20(22(28)25-5-2)26(13-17-18(23)7-6-8-19(17)24)21(27)14-29-16-11-9-15(3)10-12-16/h6-12,20H,4-5,13-14H2,1-3H3,(H,25,28)/t20-/m0/s1. The Hall–Kier alpha value is -2.24. The van der Waals surface area contributed by atoms with Crippen molar-refractivity contribution in [3.05, 3.63) is 63.6 Å². The summed E-state index contributed by atoms with van der Waals surface area (Å²) in [5, 5.41) is 3.68. The molecule has 1 N–H and O–H groups in total. The molecule has 0 aliphatic heterocycles. The van der Waals surface area contributed by atoms with Crippen LogP contribution in [0.25, 0.3) is 0 Å². The number of nitrogens with one attached hydrogen (secondary N) is 1. The quantitative estimate of drug-likeness (QED) is 0.623. The van der Waals surface area contributed by atoms with Crippen LogP contribution in [0.3, 0.4) is 0 Å². The first kappa shape index (κ1) is 23.0. The fraction of sp³-hybridized carbons (Fsp3) is 0.364. The van der Waals surface area contributed by atoms with Gasteiger partial charge in [-0.3, -0.25) is 9.59 Å². The molecule has 2 rings (SSSR count). The zero-order valence-electron chi connectivity index (χ0n) is 16.9. The van der Waals surface area contributed by atoms with Gasteiger partial charge in [-0.05, 0) is 44.5 Å². The molecule has 7 heteroatoms. The predicted octanol–water partition coefficient (Wildman–Crippen LogP) is 4.62. The molecule has 0 fully saturated rings. The molecule has 1 atom stereocenters. The minimum absolute atomic E-state index is 0.115. The Labute approximate surface area is 181 Å². The Bertz CT molecular complexity index is 820. The lowest BCUT2D eigenvalue weighted by Gasteiger charge is -2.31. The van der Waals surface area contributed by atoms with Crippen LogP contribution in [0.4, 0.5) is 0 Å². The van der Waals surface area contributed by atoms with Crippen LogP contribution in [-0.2, 0) is 16.1 Å². The summed E-state index contributed by atoms with van der Waals surface area (Å²) in [5.74, 6) is 0.0484. The van der Waals surface area contributed by atoms with Crippen molar-refractivity contribution in [3.63, 3.8) is 0 Å². The molecule has 0 heterocycles. The second-order valence-corrected chi connectivity index (χ2v) is 7.46. The van der Waals surface area contributed by atoms with Crippen molar-refractivity contribution in [1.82, 2.24) is 10.2 Å². The Kier molecular flexibility index (Phi) is 8.80. The van der Waals surface area contributed by atoms with E-state index in [1.165, 1.54) is 4.90 Å². The minimum atomic E-state index is -0.656. The number of aryl methyl sites for hydroxylation is 1. The lowest BCUT2D eigenvalue weighted by molar-refractivity contribution is -0.142. The maximum atomic E-state index is 13.1. The smallest absolute Gasteiger partial charge is 0.261 e. The molecule has 0 aromatic heterocycles. The van der Waals surface area contributed by atoms with Gasteiger partial charge in [-0.15, -0.1) is 0 Å². The van der Waals surface area contributed by atoms with Crippen molar-refractivity contribution in [1.29, 1.82) is 0 Å². The van der Waals surface area contributed by atoms with Gasteiger partial charge in [0, 0.05) is 28.7 Å². The van der Waals surface area contributed by atoms with E-state index in [0.717, 1.165) is 5.56 Å². The predicted molar refractivity (Wildman–Crippen MR) is 116 cm³/mol. The minimum Gasteiger partial charge on any atom is -0.484 e. The fourth-order valence-corrected chi connectivity index (χ4v) is 3.44. The van der Waals surface area contributed by atoms with Crippen molar-refractivity contribution < 1.29 is 14.3 Å². The zero-order chi connectivity index (χ0) is 21.4. The highest BCUT2D eigenvalue weighted by molar-refractivity contribution is 6.36. The van der Waals surface area contributed by atoms with Crippen LogP contribution < -0.4 is 10.1 Å². The molecule has 29 heavy (non-hydrogen) atoms. The van der Waals surface area contributed by atoms with Gasteiger partial charge in [0.05, 0.1) is 0 Å². The lowest BCUT2D eigenvalue weighted by atomic mass is 10.1. The Morgan fingerprint density at radius 1 is 1.07 bits per heavy atom. The van der Waals surface area contributed by atoms with Crippen LogP contribution in [-0.4, -0.2) is 35.9 Å². The van der Waals surface area contributed by atoms with E-state index in [9.17, 15) is 9.59 Å². The summed E-state index contributed by atoms with van der Waals surface area (Å²) in [6.07, 6.45) is 0.449. The van der Waals surface area contributed by atoms with E-state index in [-0.39, 0.29) is 25.0 Å². The van der Waals surface area contributed by atoms with Crippen molar-refractivity contribution in [2.24, 2.45) is 0 Å². The molecular formula is C22H26Cl2N2O3. The molecule has 0 aliphatic carbocycles. The fourth-order valence-electron chi connectivity index (χ4n) is 2.93. The molecule has 0 bridgehead atoms. The van der Waals surface area contributed by atoms with E-state index in [1.807, 2.05) is 32.9 Å². The van der Waals surface area contributed by atoms with Gasteiger partial charge in [0.2, 0.25) is 5.91 Å². The molecule has 0 unspecified atom stereocenters. The normalized spacial score (nSPS) is 11.6. The van der Waals surface area contributed by atoms with E-state index < -0.39 is 6.04 Å². The van der Waals surface area contributed by atoms with Gasteiger partial charge in [0.25, 0.3) is 5.91 Å². The molecule has 0 saturated carbocycles. The van der Waals surface area contributed by atoms with E-state index in [0.29, 0.717) is 34.3 Å². The third-order valence-corrected chi connectivity index (χ3v) is 5.22. The highest BCUT2D eigenvalue weighted by Crippen LogP contribution is 2.27. The molecule has 0 radical (unpaired) electrons. The van der Waals surface area contributed by atoms with Crippen LogP contribution in [0.5, 0.6) is 5.75 Å². The average molecular weight is 437 g/mol. The molecular weight excluding hydrogens is 411 g/mol. The van der Waals surface area contributed by atoms with Gasteiger partial charge in [0.1, 0.15) is 11.8 Å². The third-order valence-electron chi connectivity index (χ3n) is 4.51. The topological polar surface area (TPSA) is 58.6 Å². The van der Waals surface area contributed by atoms with Crippen molar-refractivity contribution >= 4 is 35.0 Å². The first-order valence-electron chi connectivity index (χ1n) is 9.56. The number of rotatable bonds is 9. The van der Waals surface area contributed by atoms with E-state index >= 15 is 0 Å². The average Bonchev–Trinajstić information content (AvgIpc) is 2.69. The van der Waals surface area contributed by atoms with Crippen LogP contribution in [0.2, 0.25) is 10.0 Å². The third kappa shape index (κ3) is 6.38. The number of carbonyl (C=O) groups is 2. The summed E-state index contributed by atoms with van der Waals surface area (Å²) in [6, 6.07) is 11.9. The number of halogens is 2. The Morgan fingerprint density at radius 2 is 1.69 bits per heavy atom. The molecule has 0 spiro atoms. The van der Waals surface area contributed by atoms with E-state index in [1.54, 1.807) is 30.3 Å². The monoisotopic (exact) mass is 436 g/mol. The highest BCUT2D eigenvalue weighted by atomic mass is 35.5. The summed E-state index contributed by atoms with van der Waals surface area (Å²) in [5.41, 5.74) is 1.70. The van der Waals surface area contributed by atoms with Crippen LogP contribution in [0, 0.1) is 6.92 Å². The molecule has 0 saturated heterocycles. The number of hydrogen-bond acceptors (Lipinski definition) is 3. The van der Waals surface area contributed by atoms with Crippen LogP contribution in [0.1, 0.15) is 31.4 Å². The van der Waals surface area contributed by atoms with Gasteiger partial charge >= 0.3 is 0 Å². The van der Waals surface area contributed by atoms with Gasteiger partial charge in [-0.25, -0.2) is 0 Å². The van der Waals surface area contributed by atoms with Crippen LogP contribution in [0.15, 0.2) is 42.5 Å². The lowest BCUT2D eigenvalue weighted by Crippen LogP contribution is -2.50. The maximum absolute atomic E-state index is 13.1. The SMILES string of the molecule is CCNC(=O)[C@H](CC)N(Cc1c(Cl)cccc1Cl)C(=O)COc1ccc(C)cc1. The van der Waals surface area contributed by atoms with Crippen LogP contribution >= 0.6 is 23.2 Å². The molecule has 2 amide bonds. The largest absolute Gasteiger partial charge is 0.484 e. The number of nitrogens with zero attached hydrogens (tertiary/aromatic N) is 1. The Morgan fingerprint density at radius 3 is 2.24 bits per heavy atom. The number of benzene rings is 2.